The number of ether oxygens (including phenoxy) is 2. The molecule has 2 N–H and O–H groups in total. The first-order valence-electron chi connectivity index (χ1n) is 8.94. The lowest BCUT2D eigenvalue weighted by Crippen LogP contribution is -2.47. The second-order valence-electron chi connectivity index (χ2n) is 6.44. The fraction of sp³-hybridized carbons (Fsp3) is 0.300. The number of benzene rings is 2. The third-order valence-electron chi connectivity index (χ3n) is 4.90. The van der Waals surface area contributed by atoms with Crippen LogP contribution in [0.15, 0.2) is 42.5 Å². The summed E-state index contributed by atoms with van der Waals surface area (Å²) in [5, 5.41) is 0.763. The van der Waals surface area contributed by atoms with E-state index in [0.717, 1.165) is 37.1 Å². The molecule has 7 heteroatoms. The second kappa shape index (κ2) is 7.19. The minimum absolute atomic E-state index is 0.446. The molecule has 1 fully saturated rings. The number of fused-ring (bicyclic) bond motifs is 1. The predicted molar refractivity (Wildman–Crippen MR) is 108 cm³/mol. The van der Waals surface area contributed by atoms with Crippen LogP contribution in [0.2, 0.25) is 0 Å². The number of nitrogens with two attached hydrogens (primary N) is 1. The summed E-state index contributed by atoms with van der Waals surface area (Å²) in [6.45, 7) is 3.51. The van der Waals surface area contributed by atoms with Crippen molar-refractivity contribution in [1.82, 2.24) is 9.97 Å². The third kappa shape index (κ3) is 3.28. The number of aromatic nitrogens is 2. The Hall–Kier alpha value is -3.22. The topological polar surface area (TPSA) is 76.7 Å². The maximum atomic E-state index is 6.21. The van der Waals surface area contributed by atoms with Gasteiger partial charge < -0.3 is 25.0 Å². The van der Waals surface area contributed by atoms with Gasteiger partial charge in [-0.2, -0.15) is 4.98 Å². The Kier molecular flexibility index (Phi) is 4.58. The molecule has 140 valence electrons. The summed E-state index contributed by atoms with van der Waals surface area (Å²) in [5.74, 6) is 2.34. The van der Waals surface area contributed by atoms with Crippen molar-refractivity contribution in [2.45, 2.75) is 0 Å². The van der Waals surface area contributed by atoms with Gasteiger partial charge in [-0.3, -0.25) is 0 Å². The van der Waals surface area contributed by atoms with Gasteiger partial charge in [0.05, 0.1) is 19.7 Å². The quantitative estimate of drug-likeness (QED) is 0.761. The maximum absolute atomic E-state index is 6.21. The number of nitrogens with zero attached hydrogens (tertiary/aromatic N) is 4. The van der Waals surface area contributed by atoms with Crippen molar-refractivity contribution in [2.24, 2.45) is 0 Å². The van der Waals surface area contributed by atoms with E-state index in [1.165, 1.54) is 5.69 Å². The van der Waals surface area contributed by atoms with Crippen LogP contribution < -0.4 is 25.0 Å². The van der Waals surface area contributed by atoms with Gasteiger partial charge in [0.15, 0.2) is 11.5 Å². The van der Waals surface area contributed by atoms with Gasteiger partial charge in [-0.1, -0.05) is 18.2 Å². The molecule has 0 bridgehead atoms. The number of rotatable bonds is 4. The lowest BCUT2D eigenvalue weighted by atomic mass is 10.2. The summed E-state index contributed by atoms with van der Waals surface area (Å²) in [5.41, 5.74) is 8.21. The van der Waals surface area contributed by atoms with Crippen molar-refractivity contribution in [1.29, 1.82) is 0 Å². The van der Waals surface area contributed by atoms with Gasteiger partial charge in [0.2, 0.25) is 5.95 Å². The summed E-state index contributed by atoms with van der Waals surface area (Å²) in [6.07, 6.45) is 0. The molecule has 1 aliphatic rings. The zero-order chi connectivity index (χ0) is 18.8. The number of nitrogen functional groups attached to an aromatic ring is 1. The highest BCUT2D eigenvalue weighted by molar-refractivity contribution is 5.91. The van der Waals surface area contributed by atoms with E-state index in [2.05, 4.69) is 39.0 Å². The van der Waals surface area contributed by atoms with E-state index < -0.39 is 0 Å². The maximum Gasteiger partial charge on any atom is 0.228 e. The van der Waals surface area contributed by atoms with E-state index in [1.807, 2.05) is 18.2 Å². The fourth-order valence-corrected chi connectivity index (χ4v) is 3.41. The molecule has 2 aromatic carbocycles. The molecular weight excluding hydrogens is 342 g/mol. The van der Waals surface area contributed by atoms with Crippen molar-refractivity contribution in [3.05, 3.63) is 42.5 Å². The number of methoxy groups -OCH3 is 2. The molecule has 7 nitrogen and oxygen atoms in total. The summed E-state index contributed by atoms with van der Waals surface area (Å²) >= 11 is 0. The zero-order valence-electron chi connectivity index (χ0n) is 15.6. The SMILES string of the molecule is COc1cc2nc(N3CCN(c4ccccc4)CC3)nc(N)c2cc1OC. The van der Waals surface area contributed by atoms with Crippen LogP contribution in [0.3, 0.4) is 0 Å². The number of anilines is 3. The summed E-state index contributed by atoms with van der Waals surface area (Å²) in [6, 6.07) is 14.1. The highest BCUT2D eigenvalue weighted by Crippen LogP contribution is 2.34. The average molecular weight is 365 g/mol. The Bertz CT molecular complexity index is 940. The molecular formula is C20H23N5O2. The van der Waals surface area contributed by atoms with Gasteiger partial charge in [0, 0.05) is 43.3 Å². The van der Waals surface area contributed by atoms with Gasteiger partial charge in [-0.15, -0.1) is 0 Å². The predicted octanol–water partition coefficient (Wildman–Crippen LogP) is 2.56. The summed E-state index contributed by atoms with van der Waals surface area (Å²) in [4.78, 5) is 13.8. The Morgan fingerprint density at radius 3 is 2.15 bits per heavy atom. The largest absolute Gasteiger partial charge is 0.493 e. The molecule has 0 saturated carbocycles. The van der Waals surface area contributed by atoms with Crippen LogP contribution in [-0.4, -0.2) is 50.4 Å². The number of piperazine rings is 1. The first-order valence-corrected chi connectivity index (χ1v) is 8.94. The number of hydrogen-bond acceptors (Lipinski definition) is 7. The molecule has 0 spiro atoms. The molecule has 0 aliphatic carbocycles. The minimum atomic E-state index is 0.446. The molecule has 4 rings (SSSR count). The first kappa shape index (κ1) is 17.2. The average Bonchev–Trinajstić information content (AvgIpc) is 2.73. The van der Waals surface area contributed by atoms with E-state index in [-0.39, 0.29) is 0 Å². The van der Waals surface area contributed by atoms with Gasteiger partial charge in [0.25, 0.3) is 0 Å². The van der Waals surface area contributed by atoms with Gasteiger partial charge in [-0.05, 0) is 18.2 Å². The van der Waals surface area contributed by atoms with Gasteiger partial charge in [0.1, 0.15) is 5.82 Å². The van der Waals surface area contributed by atoms with E-state index in [1.54, 1.807) is 14.2 Å². The molecule has 0 amide bonds. The highest BCUT2D eigenvalue weighted by Gasteiger charge is 2.21. The smallest absolute Gasteiger partial charge is 0.228 e. The number of para-hydroxylation sites is 1. The van der Waals surface area contributed by atoms with Crippen molar-refractivity contribution in [3.8, 4) is 11.5 Å². The third-order valence-corrected chi connectivity index (χ3v) is 4.90. The van der Waals surface area contributed by atoms with Crippen LogP contribution in [0, 0.1) is 0 Å². The molecule has 0 atom stereocenters. The fourth-order valence-electron chi connectivity index (χ4n) is 3.41. The van der Waals surface area contributed by atoms with E-state index in [9.17, 15) is 0 Å². The van der Waals surface area contributed by atoms with E-state index in [4.69, 9.17) is 20.2 Å². The van der Waals surface area contributed by atoms with Crippen LogP contribution in [0.25, 0.3) is 10.9 Å². The van der Waals surface area contributed by atoms with E-state index in [0.29, 0.717) is 23.3 Å². The molecule has 0 unspecified atom stereocenters. The monoisotopic (exact) mass is 365 g/mol. The lowest BCUT2D eigenvalue weighted by molar-refractivity contribution is 0.356. The Labute approximate surface area is 158 Å². The van der Waals surface area contributed by atoms with E-state index >= 15 is 0 Å². The van der Waals surface area contributed by atoms with Crippen molar-refractivity contribution in [3.63, 3.8) is 0 Å². The van der Waals surface area contributed by atoms with Crippen molar-refractivity contribution in [2.75, 3.05) is 55.9 Å². The summed E-state index contributed by atoms with van der Waals surface area (Å²) in [7, 11) is 3.21. The standard InChI is InChI=1S/C20H23N5O2/c1-26-17-12-15-16(13-18(17)27-2)22-20(23-19(15)21)25-10-8-24(9-11-25)14-6-4-3-5-7-14/h3-7,12-13H,8-11H2,1-2H3,(H2,21,22,23). The normalized spacial score (nSPS) is 14.4. The van der Waals surface area contributed by atoms with Crippen LogP contribution in [0.1, 0.15) is 0 Å². The lowest BCUT2D eigenvalue weighted by Gasteiger charge is -2.36. The highest BCUT2D eigenvalue weighted by atomic mass is 16.5. The Morgan fingerprint density at radius 2 is 1.48 bits per heavy atom. The Morgan fingerprint density at radius 1 is 0.852 bits per heavy atom. The molecule has 0 radical (unpaired) electrons. The summed E-state index contributed by atoms with van der Waals surface area (Å²) < 4.78 is 10.7. The van der Waals surface area contributed by atoms with Crippen LogP contribution in [-0.2, 0) is 0 Å². The molecule has 27 heavy (non-hydrogen) atoms. The molecule has 3 aromatic rings. The van der Waals surface area contributed by atoms with Gasteiger partial charge in [-0.25, -0.2) is 4.98 Å². The van der Waals surface area contributed by atoms with Crippen LogP contribution in [0.4, 0.5) is 17.5 Å². The van der Waals surface area contributed by atoms with Crippen molar-refractivity contribution >= 4 is 28.4 Å². The molecule has 1 aliphatic heterocycles. The second-order valence-corrected chi connectivity index (χ2v) is 6.44. The van der Waals surface area contributed by atoms with Gasteiger partial charge >= 0.3 is 0 Å². The van der Waals surface area contributed by atoms with Crippen LogP contribution >= 0.6 is 0 Å². The van der Waals surface area contributed by atoms with Crippen LogP contribution in [0.5, 0.6) is 11.5 Å². The molecule has 1 saturated heterocycles. The number of hydrogen-bond donors (Lipinski definition) is 1. The minimum Gasteiger partial charge on any atom is -0.493 e. The molecule has 1 aromatic heterocycles. The first-order chi connectivity index (χ1) is 13.2. The Balaban J connectivity index is 1.59. The zero-order valence-corrected chi connectivity index (χ0v) is 15.6. The van der Waals surface area contributed by atoms with Crippen molar-refractivity contribution < 1.29 is 9.47 Å². The molecule has 2 heterocycles.